The number of hydrogen-bond acceptors (Lipinski definition) is 2. The fourth-order valence-electron chi connectivity index (χ4n) is 2.33. The Labute approximate surface area is 124 Å². The minimum atomic E-state index is -1.02. The van der Waals surface area contributed by atoms with Crippen LogP contribution in [0.5, 0.6) is 0 Å². The van der Waals surface area contributed by atoms with Crippen molar-refractivity contribution in [3.05, 3.63) is 35.4 Å². The molecule has 5 heteroatoms. The van der Waals surface area contributed by atoms with E-state index in [1.165, 1.54) is 4.90 Å². The summed E-state index contributed by atoms with van der Waals surface area (Å²) in [5.74, 6) is 1.45. The van der Waals surface area contributed by atoms with Crippen LogP contribution in [0.3, 0.4) is 0 Å². The molecule has 0 unspecified atom stereocenters. The van der Waals surface area contributed by atoms with E-state index in [9.17, 15) is 14.7 Å². The van der Waals surface area contributed by atoms with Gasteiger partial charge in [-0.05, 0) is 25.0 Å². The Kier molecular flexibility index (Phi) is 3.90. The topological polar surface area (TPSA) is 69.6 Å². The van der Waals surface area contributed by atoms with Crippen LogP contribution in [0, 0.1) is 12.3 Å². The van der Waals surface area contributed by atoms with Crippen molar-refractivity contribution < 1.29 is 14.7 Å². The number of carboxylic acids is 1. The molecule has 2 N–H and O–H groups in total. The molecule has 1 atom stereocenters. The fourth-order valence-corrected chi connectivity index (χ4v) is 2.33. The van der Waals surface area contributed by atoms with E-state index >= 15 is 0 Å². The van der Waals surface area contributed by atoms with Crippen molar-refractivity contribution in [3.8, 4) is 12.3 Å². The number of carbonyl (C=O) groups is 2. The van der Waals surface area contributed by atoms with Crippen molar-refractivity contribution in [2.45, 2.75) is 38.4 Å². The molecule has 110 valence electrons. The first-order chi connectivity index (χ1) is 9.84. The molecule has 0 spiro atoms. The van der Waals surface area contributed by atoms with Gasteiger partial charge in [0.25, 0.3) is 0 Å². The second kappa shape index (κ2) is 5.49. The van der Waals surface area contributed by atoms with Gasteiger partial charge in [0.2, 0.25) is 0 Å². The first-order valence-corrected chi connectivity index (χ1v) is 6.70. The van der Waals surface area contributed by atoms with E-state index in [4.69, 9.17) is 6.42 Å². The van der Waals surface area contributed by atoms with Crippen molar-refractivity contribution >= 4 is 12.0 Å². The van der Waals surface area contributed by atoms with E-state index in [0.717, 1.165) is 11.1 Å². The summed E-state index contributed by atoms with van der Waals surface area (Å²) in [4.78, 5) is 25.1. The van der Waals surface area contributed by atoms with Crippen LogP contribution in [0.4, 0.5) is 4.79 Å². The minimum Gasteiger partial charge on any atom is -0.480 e. The molecule has 5 nitrogen and oxygen atoms in total. The number of terminal acetylenes is 1. The molecular formula is C16H18N2O3. The quantitative estimate of drug-likeness (QED) is 0.812. The Balaban J connectivity index is 2.27. The summed E-state index contributed by atoms with van der Waals surface area (Å²) in [7, 11) is 0. The number of carboxylic acid groups (broad SMARTS) is 1. The number of carbonyl (C=O) groups excluding carboxylic acids is 1. The van der Waals surface area contributed by atoms with Gasteiger partial charge in [-0.25, -0.2) is 9.59 Å². The number of aliphatic carboxylic acids is 1. The maximum atomic E-state index is 12.4. The average molecular weight is 286 g/mol. The Hall–Kier alpha value is -2.48. The van der Waals surface area contributed by atoms with Crippen LogP contribution in [0.1, 0.15) is 25.0 Å². The highest BCUT2D eigenvalue weighted by molar-refractivity contribution is 5.84. The summed E-state index contributed by atoms with van der Waals surface area (Å²) in [6.07, 6.45) is 5.66. The van der Waals surface area contributed by atoms with Gasteiger partial charge in [0, 0.05) is 13.0 Å². The zero-order chi connectivity index (χ0) is 15.6. The summed E-state index contributed by atoms with van der Waals surface area (Å²) >= 11 is 0. The van der Waals surface area contributed by atoms with Crippen molar-refractivity contribution in [1.82, 2.24) is 10.2 Å². The average Bonchev–Trinajstić information content (AvgIpc) is 2.45. The van der Waals surface area contributed by atoms with Crippen LogP contribution < -0.4 is 5.32 Å². The van der Waals surface area contributed by atoms with Crippen LogP contribution in [0.2, 0.25) is 0 Å². The summed E-state index contributed by atoms with van der Waals surface area (Å²) in [5, 5.41) is 12.1. The molecule has 0 fully saturated rings. The van der Waals surface area contributed by atoms with Gasteiger partial charge in [0.05, 0.1) is 5.54 Å². The molecular weight excluding hydrogens is 268 g/mol. The van der Waals surface area contributed by atoms with E-state index in [1.54, 1.807) is 13.8 Å². The Morgan fingerprint density at radius 3 is 2.57 bits per heavy atom. The van der Waals surface area contributed by atoms with Crippen molar-refractivity contribution in [3.63, 3.8) is 0 Å². The van der Waals surface area contributed by atoms with Crippen LogP contribution >= 0.6 is 0 Å². The highest BCUT2D eigenvalue weighted by Gasteiger charge is 2.35. The number of rotatable bonds is 2. The summed E-state index contributed by atoms with van der Waals surface area (Å²) in [6.45, 7) is 3.65. The zero-order valence-corrected chi connectivity index (χ0v) is 12.1. The lowest BCUT2D eigenvalue weighted by Gasteiger charge is -2.36. The van der Waals surface area contributed by atoms with E-state index in [1.807, 2.05) is 24.3 Å². The normalized spacial score (nSPS) is 17.6. The van der Waals surface area contributed by atoms with Crippen LogP contribution in [0.15, 0.2) is 24.3 Å². The van der Waals surface area contributed by atoms with E-state index in [2.05, 4.69) is 11.2 Å². The van der Waals surface area contributed by atoms with Crippen LogP contribution in [-0.4, -0.2) is 33.6 Å². The Bertz CT molecular complexity index is 616. The van der Waals surface area contributed by atoms with Crippen LogP contribution in [-0.2, 0) is 17.8 Å². The van der Waals surface area contributed by atoms with E-state index in [0.29, 0.717) is 6.42 Å². The predicted molar refractivity (Wildman–Crippen MR) is 78.6 cm³/mol. The lowest BCUT2D eigenvalue weighted by molar-refractivity contribution is -0.142. The second-order valence-corrected chi connectivity index (χ2v) is 5.65. The molecule has 1 aromatic carbocycles. The number of fused-ring (bicyclic) bond motifs is 1. The second-order valence-electron chi connectivity index (χ2n) is 5.65. The number of hydrogen-bond donors (Lipinski definition) is 2. The molecule has 2 rings (SSSR count). The molecule has 21 heavy (non-hydrogen) atoms. The summed E-state index contributed by atoms with van der Waals surface area (Å²) < 4.78 is 0. The van der Waals surface area contributed by atoms with Gasteiger partial charge >= 0.3 is 12.0 Å². The van der Waals surface area contributed by atoms with Crippen molar-refractivity contribution in [2.24, 2.45) is 0 Å². The standard InChI is InChI=1S/C16H18N2O3/c1-4-16(2,3)17-15(21)18-10-12-8-6-5-7-11(12)9-13(18)14(19)20/h1,5-8,13H,9-10H2,2-3H3,(H,17,21)(H,19,20)/t13-/m0/s1. The fraction of sp³-hybridized carbons (Fsp3) is 0.375. The Morgan fingerprint density at radius 1 is 1.38 bits per heavy atom. The molecule has 0 saturated carbocycles. The van der Waals surface area contributed by atoms with Gasteiger partial charge in [-0.2, -0.15) is 0 Å². The Morgan fingerprint density at radius 2 is 2.00 bits per heavy atom. The van der Waals surface area contributed by atoms with Gasteiger partial charge in [0.1, 0.15) is 6.04 Å². The predicted octanol–water partition coefficient (Wildman–Crippen LogP) is 1.62. The van der Waals surface area contributed by atoms with E-state index in [-0.39, 0.29) is 6.54 Å². The number of nitrogens with zero attached hydrogens (tertiary/aromatic N) is 1. The summed E-state index contributed by atoms with van der Waals surface area (Å²) in [5.41, 5.74) is 1.10. The third-order valence-corrected chi connectivity index (χ3v) is 3.57. The molecule has 0 radical (unpaired) electrons. The maximum Gasteiger partial charge on any atom is 0.326 e. The molecule has 1 aliphatic heterocycles. The maximum absolute atomic E-state index is 12.4. The smallest absolute Gasteiger partial charge is 0.326 e. The molecule has 0 aromatic heterocycles. The first kappa shape index (κ1) is 14.9. The largest absolute Gasteiger partial charge is 0.480 e. The number of benzene rings is 1. The molecule has 1 aromatic rings. The van der Waals surface area contributed by atoms with Crippen molar-refractivity contribution in [2.75, 3.05) is 0 Å². The van der Waals surface area contributed by atoms with Gasteiger partial charge in [-0.1, -0.05) is 30.2 Å². The van der Waals surface area contributed by atoms with Crippen molar-refractivity contribution in [1.29, 1.82) is 0 Å². The van der Waals surface area contributed by atoms with Gasteiger partial charge in [-0.3, -0.25) is 0 Å². The third kappa shape index (κ3) is 3.16. The third-order valence-electron chi connectivity index (χ3n) is 3.57. The van der Waals surface area contributed by atoms with Gasteiger partial charge in [0.15, 0.2) is 0 Å². The zero-order valence-electron chi connectivity index (χ0n) is 12.1. The highest BCUT2D eigenvalue weighted by Crippen LogP contribution is 2.24. The first-order valence-electron chi connectivity index (χ1n) is 6.70. The summed E-state index contributed by atoms with van der Waals surface area (Å²) in [6, 6.07) is 6.20. The number of amides is 2. The molecule has 1 heterocycles. The lowest BCUT2D eigenvalue weighted by atomic mass is 9.94. The number of urea groups is 1. The lowest BCUT2D eigenvalue weighted by Crippen LogP contribution is -2.56. The SMILES string of the molecule is C#CC(C)(C)NC(=O)N1Cc2ccccc2C[C@H]1C(=O)O. The molecule has 0 bridgehead atoms. The highest BCUT2D eigenvalue weighted by atomic mass is 16.4. The molecule has 0 saturated heterocycles. The van der Waals surface area contributed by atoms with Crippen LogP contribution in [0.25, 0.3) is 0 Å². The van der Waals surface area contributed by atoms with Gasteiger partial charge < -0.3 is 15.3 Å². The van der Waals surface area contributed by atoms with E-state index < -0.39 is 23.6 Å². The molecule has 1 aliphatic rings. The molecule has 2 amide bonds. The monoisotopic (exact) mass is 286 g/mol. The molecule has 0 aliphatic carbocycles. The number of nitrogens with one attached hydrogen (secondary N) is 1. The van der Waals surface area contributed by atoms with Gasteiger partial charge in [-0.15, -0.1) is 6.42 Å². The minimum absolute atomic E-state index is 0.264.